The van der Waals surface area contributed by atoms with Gasteiger partial charge in [-0.3, -0.25) is 0 Å². The van der Waals surface area contributed by atoms with Gasteiger partial charge < -0.3 is 14.8 Å². The van der Waals surface area contributed by atoms with Crippen molar-refractivity contribution in [1.29, 1.82) is 0 Å². The minimum absolute atomic E-state index is 0. The number of rotatable bonds is 8. The molecular formula is C10H23ClN2O4S. The minimum Gasteiger partial charge on any atom is -0.384 e. The smallest absolute Gasteiger partial charge is 0.213 e. The van der Waals surface area contributed by atoms with E-state index in [-0.39, 0.29) is 30.3 Å². The van der Waals surface area contributed by atoms with Crippen molar-refractivity contribution < 1.29 is 17.9 Å². The SMILES string of the molecule is COCCS(=O)(=O)NCC1(COC)CCCN1.Cl. The summed E-state index contributed by atoms with van der Waals surface area (Å²) < 4.78 is 35.8. The lowest BCUT2D eigenvalue weighted by Crippen LogP contribution is -2.53. The molecule has 110 valence electrons. The first-order valence-corrected chi connectivity index (χ1v) is 7.39. The van der Waals surface area contributed by atoms with E-state index in [1.807, 2.05) is 0 Å². The predicted octanol–water partition coefficient (Wildman–Crippen LogP) is -0.257. The summed E-state index contributed by atoms with van der Waals surface area (Å²) in [6.45, 7) is 2.00. The summed E-state index contributed by atoms with van der Waals surface area (Å²) in [5, 5.41) is 3.32. The summed E-state index contributed by atoms with van der Waals surface area (Å²) in [4.78, 5) is 0. The normalized spacial score (nSPS) is 23.9. The number of halogens is 1. The second kappa shape index (κ2) is 8.29. The predicted molar refractivity (Wildman–Crippen MR) is 72.8 cm³/mol. The van der Waals surface area contributed by atoms with Crippen molar-refractivity contribution in [2.45, 2.75) is 18.4 Å². The van der Waals surface area contributed by atoms with Crippen molar-refractivity contribution >= 4 is 22.4 Å². The van der Waals surface area contributed by atoms with Gasteiger partial charge in [0.05, 0.1) is 24.5 Å². The monoisotopic (exact) mass is 302 g/mol. The Morgan fingerprint density at radius 2 is 2.06 bits per heavy atom. The maximum absolute atomic E-state index is 11.6. The Morgan fingerprint density at radius 1 is 1.33 bits per heavy atom. The average molecular weight is 303 g/mol. The first-order chi connectivity index (χ1) is 8.04. The highest BCUT2D eigenvalue weighted by molar-refractivity contribution is 7.89. The molecule has 1 atom stereocenters. The van der Waals surface area contributed by atoms with Gasteiger partial charge in [-0.1, -0.05) is 0 Å². The lowest BCUT2D eigenvalue weighted by molar-refractivity contribution is 0.122. The van der Waals surface area contributed by atoms with E-state index in [1.165, 1.54) is 7.11 Å². The molecule has 0 aromatic heterocycles. The summed E-state index contributed by atoms with van der Waals surface area (Å²) >= 11 is 0. The van der Waals surface area contributed by atoms with E-state index in [2.05, 4.69) is 10.0 Å². The minimum atomic E-state index is -3.26. The molecule has 0 saturated carbocycles. The number of ether oxygens (including phenoxy) is 2. The molecule has 0 aromatic rings. The third kappa shape index (κ3) is 5.81. The van der Waals surface area contributed by atoms with Gasteiger partial charge in [0.2, 0.25) is 10.0 Å². The molecule has 0 aromatic carbocycles. The molecule has 1 aliphatic rings. The first kappa shape index (κ1) is 18.1. The van der Waals surface area contributed by atoms with Crippen LogP contribution in [0.5, 0.6) is 0 Å². The average Bonchev–Trinajstić information content (AvgIpc) is 2.74. The van der Waals surface area contributed by atoms with Crippen LogP contribution in [-0.2, 0) is 19.5 Å². The van der Waals surface area contributed by atoms with E-state index < -0.39 is 10.0 Å². The lowest BCUT2D eigenvalue weighted by atomic mass is 9.99. The summed E-state index contributed by atoms with van der Waals surface area (Å²) in [5.74, 6) is -0.00738. The summed E-state index contributed by atoms with van der Waals surface area (Å²) in [7, 11) is -0.145. The molecule has 1 aliphatic heterocycles. The van der Waals surface area contributed by atoms with E-state index in [0.29, 0.717) is 13.2 Å². The third-order valence-corrected chi connectivity index (χ3v) is 4.23. The molecule has 0 radical (unpaired) electrons. The second-order valence-electron chi connectivity index (χ2n) is 4.38. The quantitative estimate of drug-likeness (QED) is 0.646. The molecule has 1 saturated heterocycles. The van der Waals surface area contributed by atoms with Crippen LogP contribution in [0.4, 0.5) is 0 Å². The van der Waals surface area contributed by atoms with Gasteiger partial charge in [-0.2, -0.15) is 0 Å². The zero-order chi connectivity index (χ0) is 12.8. The van der Waals surface area contributed by atoms with Crippen molar-refractivity contribution in [2.75, 3.05) is 46.3 Å². The molecule has 2 N–H and O–H groups in total. The highest BCUT2D eigenvalue weighted by Gasteiger charge is 2.34. The van der Waals surface area contributed by atoms with Crippen molar-refractivity contribution in [3.63, 3.8) is 0 Å². The van der Waals surface area contributed by atoms with Crippen molar-refractivity contribution in [3.05, 3.63) is 0 Å². The Labute approximate surface area is 115 Å². The highest BCUT2D eigenvalue weighted by Crippen LogP contribution is 2.19. The molecule has 1 heterocycles. The Bertz CT molecular complexity index is 318. The van der Waals surface area contributed by atoms with Crippen LogP contribution in [0.1, 0.15) is 12.8 Å². The largest absolute Gasteiger partial charge is 0.384 e. The van der Waals surface area contributed by atoms with Gasteiger partial charge in [-0.05, 0) is 19.4 Å². The molecular weight excluding hydrogens is 280 g/mol. The molecule has 0 spiro atoms. The topological polar surface area (TPSA) is 76.7 Å². The Balaban J connectivity index is 0.00000289. The van der Waals surface area contributed by atoms with Crippen LogP contribution >= 0.6 is 12.4 Å². The van der Waals surface area contributed by atoms with E-state index in [4.69, 9.17) is 9.47 Å². The van der Waals surface area contributed by atoms with Gasteiger partial charge in [0.15, 0.2) is 0 Å². The van der Waals surface area contributed by atoms with E-state index in [1.54, 1.807) is 7.11 Å². The molecule has 0 amide bonds. The van der Waals surface area contributed by atoms with Crippen LogP contribution in [0.3, 0.4) is 0 Å². The van der Waals surface area contributed by atoms with Crippen molar-refractivity contribution in [1.82, 2.24) is 10.0 Å². The van der Waals surface area contributed by atoms with Crippen LogP contribution in [0, 0.1) is 0 Å². The summed E-state index contributed by atoms with van der Waals surface area (Å²) in [6.07, 6.45) is 1.97. The highest BCUT2D eigenvalue weighted by atomic mass is 35.5. The van der Waals surface area contributed by atoms with Crippen molar-refractivity contribution in [2.24, 2.45) is 0 Å². The second-order valence-corrected chi connectivity index (χ2v) is 6.30. The Hall–Kier alpha value is 0.0800. The number of nitrogens with one attached hydrogen (secondary N) is 2. The lowest BCUT2D eigenvalue weighted by Gasteiger charge is -2.28. The molecule has 8 heteroatoms. The van der Waals surface area contributed by atoms with Gasteiger partial charge in [0, 0.05) is 20.8 Å². The molecule has 1 fully saturated rings. The summed E-state index contributed by atoms with van der Waals surface area (Å²) in [5.41, 5.74) is -0.255. The number of sulfonamides is 1. The molecule has 1 unspecified atom stereocenters. The summed E-state index contributed by atoms with van der Waals surface area (Å²) in [6, 6.07) is 0. The Kier molecular flexibility index (Phi) is 8.33. The fourth-order valence-electron chi connectivity index (χ4n) is 1.98. The third-order valence-electron chi connectivity index (χ3n) is 2.94. The maximum Gasteiger partial charge on any atom is 0.213 e. The molecule has 1 rings (SSSR count). The van der Waals surface area contributed by atoms with Gasteiger partial charge >= 0.3 is 0 Å². The standard InChI is InChI=1S/C10H22N2O4S.ClH/c1-15-6-7-17(13,14)12-8-10(9-16-2)4-3-5-11-10;/h11-12H,3-9H2,1-2H3;1H. The van der Waals surface area contributed by atoms with Crippen molar-refractivity contribution in [3.8, 4) is 0 Å². The Morgan fingerprint density at radius 3 is 2.56 bits per heavy atom. The molecule has 18 heavy (non-hydrogen) atoms. The number of hydrogen-bond acceptors (Lipinski definition) is 5. The zero-order valence-electron chi connectivity index (χ0n) is 10.9. The maximum atomic E-state index is 11.6. The number of methoxy groups -OCH3 is 2. The van der Waals surface area contributed by atoms with Crippen LogP contribution in [0.2, 0.25) is 0 Å². The fourth-order valence-corrected chi connectivity index (χ4v) is 3.01. The fraction of sp³-hybridized carbons (Fsp3) is 1.00. The molecule has 0 bridgehead atoms. The van der Waals surface area contributed by atoms with Crippen LogP contribution in [0.25, 0.3) is 0 Å². The molecule has 0 aliphatic carbocycles. The molecule has 6 nitrogen and oxygen atoms in total. The van der Waals surface area contributed by atoms with Gasteiger partial charge in [0.1, 0.15) is 0 Å². The van der Waals surface area contributed by atoms with Gasteiger partial charge in [0.25, 0.3) is 0 Å². The van der Waals surface area contributed by atoms with E-state index in [0.717, 1.165) is 19.4 Å². The van der Waals surface area contributed by atoms with Gasteiger partial charge in [-0.15, -0.1) is 12.4 Å². The van der Waals surface area contributed by atoms with Gasteiger partial charge in [-0.25, -0.2) is 13.1 Å². The van der Waals surface area contributed by atoms with E-state index >= 15 is 0 Å². The van der Waals surface area contributed by atoms with Crippen LogP contribution < -0.4 is 10.0 Å². The number of hydrogen-bond donors (Lipinski definition) is 2. The van der Waals surface area contributed by atoms with E-state index in [9.17, 15) is 8.42 Å². The van der Waals surface area contributed by atoms with Crippen LogP contribution in [0.15, 0.2) is 0 Å². The zero-order valence-corrected chi connectivity index (χ0v) is 12.5. The first-order valence-electron chi connectivity index (χ1n) is 5.74. The van der Waals surface area contributed by atoms with Crippen LogP contribution in [-0.4, -0.2) is 60.2 Å².